The van der Waals surface area contributed by atoms with E-state index in [0.29, 0.717) is 33.8 Å². The third-order valence-corrected chi connectivity index (χ3v) is 5.17. The van der Waals surface area contributed by atoms with Crippen molar-refractivity contribution in [1.82, 2.24) is 0 Å². The van der Waals surface area contributed by atoms with Crippen molar-refractivity contribution in [3.8, 4) is 11.5 Å². The molecule has 0 aliphatic heterocycles. The number of para-hydroxylation sites is 1. The third-order valence-electron chi connectivity index (χ3n) is 4.59. The number of hydrogen-bond donors (Lipinski definition) is 1. The van der Waals surface area contributed by atoms with Crippen molar-refractivity contribution >= 4 is 39.6 Å². The molecule has 33 heavy (non-hydrogen) atoms. The first-order valence-corrected chi connectivity index (χ1v) is 11.1. The number of ether oxygens (including phenoxy) is 3. The van der Waals surface area contributed by atoms with E-state index < -0.39 is 5.97 Å². The van der Waals surface area contributed by atoms with Crippen LogP contribution in [0.4, 0.5) is 5.69 Å². The van der Waals surface area contributed by atoms with E-state index in [4.69, 9.17) is 14.2 Å². The zero-order valence-corrected chi connectivity index (χ0v) is 19.9. The van der Waals surface area contributed by atoms with Crippen molar-refractivity contribution in [2.75, 3.05) is 19.0 Å². The van der Waals surface area contributed by atoms with Crippen LogP contribution < -0.4 is 14.8 Å². The number of anilines is 1. The van der Waals surface area contributed by atoms with Crippen molar-refractivity contribution in [1.29, 1.82) is 0 Å². The van der Waals surface area contributed by atoms with E-state index in [1.54, 1.807) is 50.4 Å². The highest BCUT2D eigenvalue weighted by molar-refractivity contribution is 9.10. The third kappa shape index (κ3) is 6.70. The first-order chi connectivity index (χ1) is 16.0. The maximum Gasteiger partial charge on any atom is 0.340 e. The molecular weight excluding hydrogens is 486 g/mol. The summed E-state index contributed by atoms with van der Waals surface area (Å²) in [6.45, 7) is 2.38. The van der Waals surface area contributed by atoms with Crippen LogP contribution in [-0.4, -0.2) is 25.6 Å². The highest BCUT2D eigenvalue weighted by atomic mass is 79.9. The molecule has 0 saturated carbocycles. The van der Waals surface area contributed by atoms with E-state index in [9.17, 15) is 9.59 Å². The predicted octanol–water partition coefficient (Wildman–Crippen LogP) is 5.87. The molecule has 0 radical (unpaired) electrons. The van der Waals surface area contributed by atoms with Crippen LogP contribution >= 0.6 is 15.9 Å². The lowest BCUT2D eigenvalue weighted by Crippen LogP contribution is -2.13. The zero-order valence-electron chi connectivity index (χ0n) is 18.3. The van der Waals surface area contributed by atoms with E-state index >= 15 is 0 Å². The second-order valence-corrected chi connectivity index (χ2v) is 7.75. The summed E-state index contributed by atoms with van der Waals surface area (Å²) >= 11 is 3.52. The average molecular weight is 510 g/mol. The lowest BCUT2D eigenvalue weighted by molar-refractivity contribution is -0.111. The second-order valence-electron chi connectivity index (χ2n) is 6.90. The Morgan fingerprint density at radius 1 is 1.03 bits per heavy atom. The molecule has 0 aliphatic rings. The van der Waals surface area contributed by atoms with Crippen LogP contribution in [0.5, 0.6) is 11.5 Å². The minimum atomic E-state index is -0.489. The summed E-state index contributed by atoms with van der Waals surface area (Å²) < 4.78 is 17.2. The fourth-order valence-electron chi connectivity index (χ4n) is 3.03. The Kier molecular flexibility index (Phi) is 8.66. The monoisotopic (exact) mass is 509 g/mol. The van der Waals surface area contributed by atoms with Gasteiger partial charge in [-0.3, -0.25) is 4.79 Å². The molecule has 0 atom stereocenters. The Morgan fingerprint density at radius 2 is 1.76 bits per heavy atom. The van der Waals surface area contributed by atoms with Gasteiger partial charge in [0.1, 0.15) is 6.61 Å². The molecule has 0 aliphatic carbocycles. The maximum atomic E-state index is 12.5. The standard InChI is InChI=1S/C26H24BrNO5/c1-3-32-26(30)20-11-7-8-12-22(20)28-24(29)14-13-19-15-21(27)25(23(16-19)31-2)33-17-18-9-5-4-6-10-18/h4-16H,3,17H2,1-2H3,(H,28,29). The van der Waals surface area contributed by atoms with Crippen LogP contribution in [0.25, 0.3) is 6.08 Å². The summed E-state index contributed by atoms with van der Waals surface area (Å²) in [5.41, 5.74) is 2.45. The number of carbonyl (C=O) groups is 2. The van der Waals surface area contributed by atoms with Crippen LogP contribution in [0.3, 0.4) is 0 Å². The first-order valence-electron chi connectivity index (χ1n) is 10.3. The normalized spacial score (nSPS) is 10.6. The second kappa shape index (κ2) is 11.9. The highest BCUT2D eigenvalue weighted by Crippen LogP contribution is 2.37. The summed E-state index contributed by atoms with van der Waals surface area (Å²) in [5.74, 6) is 0.239. The van der Waals surface area contributed by atoms with Crippen LogP contribution in [0.15, 0.2) is 77.3 Å². The summed E-state index contributed by atoms with van der Waals surface area (Å²) in [5, 5.41) is 2.72. The van der Waals surface area contributed by atoms with Crippen molar-refractivity contribution in [2.24, 2.45) is 0 Å². The molecule has 1 N–H and O–H groups in total. The van der Waals surface area contributed by atoms with Gasteiger partial charge in [-0.2, -0.15) is 0 Å². The van der Waals surface area contributed by atoms with Gasteiger partial charge in [-0.15, -0.1) is 0 Å². The van der Waals surface area contributed by atoms with Crippen molar-refractivity contribution in [3.05, 3.63) is 94.0 Å². The number of methoxy groups -OCH3 is 1. The Balaban J connectivity index is 1.72. The summed E-state index contributed by atoms with van der Waals surface area (Å²) in [6.07, 6.45) is 3.03. The van der Waals surface area contributed by atoms with Crippen molar-refractivity contribution < 1.29 is 23.8 Å². The number of amides is 1. The number of carbonyl (C=O) groups excluding carboxylic acids is 2. The lowest BCUT2D eigenvalue weighted by atomic mass is 10.1. The molecule has 1 amide bonds. The molecule has 7 heteroatoms. The van der Waals surface area contributed by atoms with Gasteiger partial charge in [0.25, 0.3) is 0 Å². The topological polar surface area (TPSA) is 73.9 Å². The van der Waals surface area contributed by atoms with Crippen LogP contribution in [0.1, 0.15) is 28.4 Å². The average Bonchev–Trinajstić information content (AvgIpc) is 2.83. The van der Waals surface area contributed by atoms with Crippen LogP contribution in [0.2, 0.25) is 0 Å². The molecule has 0 fully saturated rings. The molecule has 170 valence electrons. The van der Waals surface area contributed by atoms with Gasteiger partial charge in [-0.05, 0) is 64.3 Å². The number of halogens is 1. The molecule has 6 nitrogen and oxygen atoms in total. The van der Waals surface area contributed by atoms with Crippen LogP contribution in [-0.2, 0) is 16.1 Å². The van der Waals surface area contributed by atoms with Gasteiger partial charge < -0.3 is 19.5 Å². The Labute approximate surface area is 201 Å². The van der Waals surface area contributed by atoms with Crippen molar-refractivity contribution in [3.63, 3.8) is 0 Å². The van der Waals surface area contributed by atoms with Gasteiger partial charge in [0.05, 0.1) is 29.4 Å². The van der Waals surface area contributed by atoms with E-state index in [0.717, 1.165) is 11.1 Å². The molecule has 0 unspecified atom stereocenters. The number of esters is 1. The van der Waals surface area contributed by atoms with E-state index in [1.807, 2.05) is 36.4 Å². The number of benzene rings is 3. The highest BCUT2D eigenvalue weighted by Gasteiger charge is 2.14. The largest absolute Gasteiger partial charge is 0.493 e. The quantitative estimate of drug-likeness (QED) is 0.288. The SMILES string of the molecule is CCOC(=O)c1ccccc1NC(=O)C=Cc1cc(Br)c(OCc2ccccc2)c(OC)c1. The Hall–Kier alpha value is -3.58. The van der Waals surface area contributed by atoms with Crippen molar-refractivity contribution in [2.45, 2.75) is 13.5 Å². The summed E-state index contributed by atoms with van der Waals surface area (Å²) in [4.78, 5) is 24.6. The van der Waals surface area contributed by atoms with E-state index in [2.05, 4.69) is 21.2 Å². The summed E-state index contributed by atoms with van der Waals surface area (Å²) in [7, 11) is 1.56. The Morgan fingerprint density at radius 3 is 2.48 bits per heavy atom. The van der Waals surface area contributed by atoms with Gasteiger partial charge in [0, 0.05) is 6.08 Å². The van der Waals surface area contributed by atoms with Gasteiger partial charge in [0.2, 0.25) is 5.91 Å². The fraction of sp³-hybridized carbons (Fsp3) is 0.154. The van der Waals surface area contributed by atoms with Crippen LogP contribution in [0, 0.1) is 0 Å². The zero-order chi connectivity index (χ0) is 23.6. The van der Waals surface area contributed by atoms with Gasteiger partial charge >= 0.3 is 5.97 Å². The van der Waals surface area contributed by atoms with E-state index in [1.165, 1.54) is 6.08 Å². The molecular formula is C26H24BrNO5. The summed E-state index contributed by atoms with van der Waals surface area (Å²) in [6, 6.07) is 20.1. The molecule has 3 rings (SSSR count). The van der Waals surface area contributed by atoms with E-state index in [-0.39, 0.29) is 12.5 Å². The molecule has 0 aromatic heterocycles. The minimum absolute atomic E-state index is 0.253. The first kappa shape index (κ1) is 24.1. The van der Waals surface area contributed by atoms with Gasteiger partial charge in [0.15, 0.2) is 11.5 Å². The number of nitrogens with one attached hydrogen (secondary N) is 1. The lowest BCUT2D eigenvalue weighted by Gasteiger charge is -2.13. The predicted molar refractivity (Wildman–Crippen MR) is 132 cm³/mol. The molecule has 0 heterocycles. The minimum Gasteiger partial charge on any atom is -0.493 e. The fourth-order valence-corrected chi connectivity index (χ4v) is 3.61. The maximum absolute atomic E-state index is 12.5. The Bertz CT molecular complexity index is 1140. The molecule has 3 aromatic rings. The molecule has 0 spiro atoms. The smallest absolute Gasteiger partial charge is 0.340 e. The number of hydrogen-bond acceptors (Lipinski definition) is 5. The molecule has 0 bridgehead atoms. The van der Waals surface area contributed by atoms with Gasteiger partial charge in [-0.25, -0.2) is 4.79 Å². The van der Waals surface area contributed by atoms with Gasteiger partial charge in [-0.1, -0.05) is 42.5 Å². The number of rotatable bonds is 9. The molecule has 3 aromatic carbocycles. The molecule has 0 saturated heterocycles.